The van der Waals surface area contributed by atoms with Crippen LogP contribution < -0.4 is 4.90 Å². The number of carbonyl (C=O) groups is 1. The number of rotatable bonds is 3. The second-order valence-electron chi connectivity index (χ2n) is 7.13. The van der Waals surface area contributed by atoms with Crippen molar-refractivity contribution in [2.24, 2.45) is 4.99 Å². The zero-order valence-electron chi connectivity index (χ0n) is 16.0. The summed E-state index contributed by atoms with van der Waals surface area (Å²) in [7, 11) is 0. The van der Waals surface area contributed by atoms with Crippen LogP contribution in [-0.2, 0) is 11.3 Å². The molecule has 1 amide bonds. The minimum Gasteiger partial charge on any atom is -0.508 e. The molecule has 1 aliphatic rings. The SMILES string of the molecule is Cc1ccc(CN2C(=O)C(C)N=C(c3ccccc3)c3ccc(O)cc32)cc1. The molecule has 0 saturated heterocycles. The minimum atomic E-state index is -0.518. The van der Waals surface area contributed by atoms with Crippen LogP contribution in [0.3, 0.4) is 0 Å². The Bertz CT molecular complexity index is 1040. The van der Waals surface area contributed by atoms with Gasteiger partial charge in [0, 0.05) is 17.2 Å². The molecule has 0 fully saturated rings. The maximum Gasteiger partial charge on any atom is 0.251 e. The van der Waals surface area contributed by atoms with Crippen LogP contribution in [-0.4, -0.2) is 22.8 Å². The minimum absolute atomic E-state index is 0.0849. The monoisotopic (exact) mass is 370 g/mol. The van der Waals surface area contributed by atoms with Gasteiger partial charge in [0.15, 0.2) is 0 Å². The summed E-state index contributed by atoms with van der Waals surface area (Å²) in [6, 6.07) is 22.6. The lowest BCUT2D eigenvalue weighted by Gasteiger charge is -2.25. The molecule has 0 saturated carbocycles. The van der Waals surface area contributed by atoms with Crippen molar-refractivity contribution in [3.05, 3.63) is 95.1 Å². The summed E-state index contributed by atoms with van der Waals surface area (Å²) < 4.78 is 0. The summed E-state index contributed by atoms with van der Waals surface area (Å²) >= 11 is 0. The van der Waals surface area contributed by atoms with Crippen LogP contribution in [0.15, 0.2) is 77.8 Å². The number of hydrogen-bond donors (Lipinski definition) is 1. The molecule has 1 unspecified atom stereocenters. The van der Waals surface area contributed by atoms with Crippen molar-refractivity contribution < 1.29 is 9.90 Å². The smallest absolute Gasteiger partial charge is 0.251 e. The van der Waals surface area contributed by atoms with Crippen LogP contribution in [0.25, 0.3) is 0 Å². The Morgan fingerprint density at radius 2 is 1.71 bits per heavy atom. The van der Waals surface area contributed by atoms with Gasteiger partial charge in [-0.15, -0.1) is 0 Å². The number of phenols is 1. The number of nitrogens with zero attached hydrogens (tertiary/aromatic N) is 2. The van der Waals surface area contributed by atoms with Crippen molar-refractivity contribution >= 4 is 17.3 Å². The molecule has 0 bridgehead atoms. The zero-order chi connectivity index (χ0) is 19.7. The van der Waals surface area contributed by atoms with Gasteiger partial charge in [-0.1, -0.05) is 60.2 Å². The van der Waals surface area contributed by atoms with Crippen LogP contribution in [0.1, 0.15) is 29.2 Å². The number of anilines is 1. The molecule has 0 aliphatic carbocycles. The molecule has 140 valence electrons. The van der Waals surface area contributed by atoms with E-state index in [2.05, 4.69) is 0 Å². The molecule has 0 spiro atoms. The summed E-state index contributed by atoms with van der Waals surface area (Å²) in [4.78, 5) is 19.7. The number of aromatic hydroxyl groups is 1. The fraction of sp³-hybridized carbons (Fsp3) is 0.167. The number of phenolic OH excluding ortho intramolecular Hbond substituents is 1. The van der Waals surface area contributed by atoms with Crippen LogP contribution in [0.4, 0.5) is 5.69 Å². The van der Waals surface area contributed by atoms with Gasteiger partial charge in [0.05, 0.1) is 17.9 Å². The van der Waals surface area contributed by atoms with E-state index in [1.54, 1.807) is 17.0 Å². The first-order valence-electron chi connectivity index (χ1n) is 9.36. The van der Waals surface area contributed by atoms with Crippen molar-refractivity contribution in [3.8, 4) is 5.75 Å². The highest BCUT2D eigenvalue weighted by Crippen LogP contribution is 2.32. The van der Waals surface area contributed by atoms with E-state index in [-0.39, 0.29) is 11.7 Å². The number of benzene rings is 3. The Balaban J connectivity index is 1.85. The van der Waals surface area contributed by atoms with Gasteiger partial charge in [-0.3, -0.25) is 9.79 Å². The topological polar surface area (TPSA) is 52.9 Å². The molecular weight excluding hydrogens is 348 g/mol. The Morgan fingerprint density at radius 1 is 1.00 bits per heavy atom. The Labute approximate surface area is 164 Å². The molecule has 4 heteroatoms. The van der Waals surface area contributed by atoms with E-state index in [1.165, 1.54) is 5.56 Å². The first-order chi connectivity index (χ1) is 13.5. The quantitative estimate of drug-likeness (QED) is 0.739. The number of amides is 1. The van der Waals surface area contributed by atoms with E-state index in [0.29, 0.717) is 12.2 Å². The first-order valence-corrected chi connectivity index (χ1v) is 9.36. The number of benzodiazepines with no additional fused rings is 1. The second kappa shape index (κ2) is 7.31. The maximum atomic E-state index is 13.2. The van der Waals surface area contributed by atoms with Gasteiger partial charge >= 0.3 is 0 Å². The third-order valence-electron chi connectivity index (χ3n) is 4.98. The lowest BCUT2D eigenvalue weighted by Crippen LogP contribution is -2.36. The van der Waals surface area contributed by atoms with Gasteiger partial charge in [0.2, 0.25) is 0 Å². The predicted octanol–water partition coefficient (Wildman–Crippen LogP) is 4.47. The molecular formula is C24H22N2O2. The van der Waals surface area contributed by atoms with Gasteiger partial charge in [0.1, 0.15) is 11.8 Å². The summed E-state index contributed by atoms with van der Waals surface area (Å²) in [5.74, 6) is 0.0424. The summed E-state index contributed by atoms with van der Waals surface area (Å²) in [6.07, 6.45) is 0. The number of fused-ring (bicyclic) bond motifs is 1. The van der Waals surface area contributed by atoms with Crippen molar-refractivity contribution in [2.45, 2.75) is 26.4 Å². The molecule has 0 aromatic heterocycles. The number of hydrogen-bond acceptors (Lipinski definition) is 3. The summed E-state index contributed by atoms with van der Waals surface area (Å²) in [5, 5.41) is 10.1. The molecule has 28 heavy (non-hydrogen) atoms. The highest BCUT2D eigenvalue weighted by molar-refractivity contribution is 6.20. The average molecular weight is 370 g/mol. The molecule has 3 aromatic carbocycles. The van der Waals surface area contributed by atoms with Crippen molar-refractivity contribution in [1.82, 2.24) is 0 Å². The molecule has 1 aliphatic heterocycles. The van der Waals surface area contributed by atoms with Crippen LogP contribution >= 0.6 is 0 Å². The van der Waals surface area contributed by atoms with E-state index in [9.17, 15) is 9.90 Å². The van der Waals surface area contributed by atoms with Gasteiger partial charge in [0.25, 0.3) is 5.91 Å². The van der Waals surface area contributed by atoms with E-state index < -0.39 is 6.04 Å². The summed E-state index contributed by atoms with van der Waals surface area (Å²) in [5.41, 5.74) is 5.44. The Morgan fingerprint density at radius 3 is 2.43 bits per heavy atom. The lowest BCUT2D eigenvalue weighted by molar-refractivity contribution is -0.119. The van der Waals surface area contributed by atoms with E-state index in [4.69, 9.17) is 4.99 Å². The second-order valence-corrected chi connectivity index (χ2v) is 7.13. The normalized spacial score (nSPS) is 16.4. The first kappa shape index (κ1) is 18.0. The maximum absolute atomic E-state index is 13.2. The Kier molecular flexibility index (Phi) is 4.70. The predicted molar refractivity (Wildman–Crippen MR) is 112 cm³/mol. The van der Waals surface area contributed by atoms with Crippen molar-refractivity contribution in [3.63, 3.8) is 0 Å². The highest BCUT2D eigenvalue weighted by Gasteiger charge is 2.30. The third-order valence-corrected chi connectivity index (χ3v) is 4.98. The molecule has 4 rings (SSSR count). The standard InChI is InChI=1S/C24H22N2O2/c1-16-8-10-18(11-9-16)15-26-22-14-20(27)12-13-21(22)23(25-17(2)24(26)28)19-6-4-3-5-7-19/h3-14,17,27H,15H2,1-2H3. The largest absolute Gasteiger partial charge is 0.508 e. The van der Waals surface area contributed by atoms with E-state index >= 15 is 0 Å². The summed E-state index contributed by atoms with van der Waals surface area (Å²) in [6.45, 7) is 4.28. The number of aryl methyl sites for hydroxylation is 1. The highest BCUT2D eigenvalue weighted by atomic mass is 16.3. The molecule has 3 aromatic rings. The van der Waals surface area contributed by atoms with E-state index in [1.807, 2.05) is 74.5 Å². The number of aliphatic imine (C=N–C) groups is 1. The fourth-order valence-corrected chi connectivity index (χ4v) is 3.47. The number of carbonyl (C=O) groups excluding carboxylic acids is 1. The fourth-order valence-electron chi connectivity index (χ4n) is 3.47. The molecule has 0 radical (unpaired) electrons. The van der Waals surface area contributed by atoms with Gasteiger partial charge < -0.3 is 10.0 Å². The lowest BCUT2D eigenvalue weighted by atomic mass is 9.99. The van der Waals surface area contributed by atoms with E-state index in [0.717, 1.165) is 22.4 Å². The van der Waals surface area contributed by atoms with Crippen LogP contribution in [0.2, 0.25) is 0 Å². The third kappa shape index (κ3) is 3.41. The molecule has 4 nitrogen and oxygen atoms in total. The molecule has 1 heterocycles. The van der Waals surface area contributed by atoms with Crippen molar-refractivity contribution in [1.29, 1.82) is 0 Å². The van der Waals surface area contributed by atoms with Gasteiger partial charge in [-0.25, -0.2) is 0 Å². The molecule has 1 N–H and O–H groups in total. The van der Waals surface area contributed by atoms with Gasteiger partial charge in [-0.05, 0) is 31.5 Å². The zero-order valence-corrected chi connectivity index (χ0v) is 16.0. The molecule has 1 atom stereocenters. The average Bonchev–Trinajstić information content (AvgIpc) is 2.80. The van der Waals surface area contributed by atoms with Crippen LogP contribution in [0, 0.1) is 6.92 Å². The Hall–Kier alpha value is -3.40. The van der Waals surface area contributed by atoms with Gasteiger partial charge in [-0.2, -0.15) is 0 Å². The van der Waals surface area contributed by atoms with Crippen molar-refractivity contribution in [2.75, 3.05) is 4.90 Å². The van der Waals surface area contributed by atoms with Crippen LogP contribution in [0.5, 0.6) is 5.75 Å².